The highest BCUT2D eigenvalue weighted by Gasteiger charge is 2.16. The van der Waals surface area contributed by atoms with Crippen LogP contribution in [0.3, 0.4) is 0 Å². The van der Waals surface area contributed by atoms with Gasteiger partial charge in [-0.3, -0.25) is 0 Å². The Bertz CT molecular complexity index is 375. The van der Waals surface area contributed by atoms with Gasteiger partial charge in [-0.25, -0.2) is 0 Å². The van der Waals surface area contributed by atoms with E-state index in [9.17, 15) is 0 Å². The zero-order chi connectivity index (χ0) is 13.5. The van der Waals surface area contributed by atoms with Gasteiger partial charge in [0.25, 0.3) is 0 Å². The molecule has 1 unspecified atom stereocenters. The first-order valence-corrected chi connectivity index (χ1v) is 7.36. The molecule has 0 saturated heterocycles. The van der Waals surface area contributed by atoms with Gasteiger partial charge in [0.15, 0.2) is 0 Å². The molecule has 0 aromatic heterocycles. The zero-order valence-corrected chi connectivity index (χ0v) is 11.8. The van der Waals surface area contributed by atoms with E-state index < -0.39 is 0 Å². The van der Waals surface area contributed by atoms with Crippen LogP contribution in [0.4, 0.5) is 0 Å². The lowest BCUT2D eigenvalue weighted by molar-refractivity contribution is 0.0898. The second kappa shape index (κ2) is 7.51. The summed E-state index contributed by atoms with van der Waals surface area (Å²) in [6.45, 7) is 4.07. The Balaban J connectivity index is 1.82. The summed E-state index contributed by atoms with van der Waals surface area (Å²) in [6.07, 6.45) is 5.33. The van der Waals surface area contributed by atoms with Crippen molar-refractivity contribution in [3.63, 3.8) is 0 Å². The Kier molecular flexibility index (Phi) is 5.67. The van der Waals surface area contributed by atoms with Crippen molar-refractivity contribution in [2.24, 2.45) is 11.7 Å². The Labute approximate surface area is 116 Å². The minimum absolute atomic E-state index is 0.107. The average molecular weight is 263 g/mol. The van der Waals surface area contributed by atoms with E-state index in [1.54, 1.807) is 0 Å². The second-order valence-electron chi connectivity index (χ2n) is 5.27. The summed E-state index contributed by atoms with van der Waals surface area (Å²) < 4.78 is 11.4. The molecule has 1 saturated carbocycles. The first-order chi connectivity index (χ1) is 9.31. The van der Waals surface area contributed by atoms with E-state index in [1.165, 1.54) is 25.7 Å². The van der Waals surface area contributed by atoms with Crippen molar-refractivity contribution in [3.05, 3.63) is 29.8 Å². The van der Waals surface area contributed by atoms with Crippen molar-refractivity contribution in [2.45, 2.75) is 38.6 Å². The van der Waals surface area contributed by atoms with Crippen LogP contribution in [0.25, 0.3) is 0 Å². The molecule has 0 radical (unpaired) electrons. The maximum absolute atomic E-state index is 6.21. The Morgan fingerprint density at radius 1 is 1.26 bits per heavy atom. The molecule has 0 amide bonds. The smallest absolute Gasteiger partial charge is 0.124 e. The zero-order valence-electron chi connectivity index (χ0n) is 11.8. The Morgan fingerprint density at radius 3 is 2.74 bits per heavy atom. The standard InChI is InChI=1S/C16H25NO2/c1-2-19-16-10-6-5-9-14(16)15(17)12-18-11-13-7-3-4-8-13/h5-6,9-10,13,15H,2-4,7-8,11-12,17H2,1H3. The van der Waals surface area contributed by atoms with Crippen LogP contribution in [0, 0.1) is 5.92 Å². The van der Waals surface area contributed by atoms with Crippen LogP contribution in [-0.4, -0.2) is 19.8 Å². The van der Waals surface area contributed by atoms with Crippen LogP contribution in [0.1, 0.15) is 44.2 Å². The van der Waals surface area contributed by atoms with Crippen molar-refractivity contribution in [1.29, 1.82) is 0 Å². The van der Waals surface area contributed by atoms with E-state index in [-0.39, 0.29) is 6.04 Å². The van der Waals surface area contributed by atoms with Gasteiger partial charge in [0.2, 0.25) is 0 Å². The largest absolute Gasteiger partial charge is 0.494 e. The topological polar surface area (TPSA) is 44.5 Å². The predicted octanol–water partition coefficient (Wildman–Crippen LogP) is 3.29. The molecule has 1 aromatic rings. The summed E-state index contributed by atoms with van der Waals surface area (Å²) in [5, 5.41) is 0. The molecule has 1 aromatic carbocycles. The van der Waals surface area contributed by atoms with Gasteiger partial charge in [0, 0.05) is 12.2 Å². The Hall–Kier alpha value is -1.06. The third-order valence-corrected chi connectivity index (χ3v) is 3.74. The molecule has 106 valence electrons. The van der Waals surface area contributed by atoms with Gasteiger partial charge < -0.3 is 15.2 Å². The number of para-hydroxylation sites is 1. The monoisotopic (exact) mass is 263 g/mol. The SMILES string of the molecule is CCOc1ccccc1C(N)COCC1CCCC1. The summed E-state index contributed by atoms with van der Waals surface area (Å²) in [4.78, 5) is 0. The molecule has 19 heavy (non-hydrogen) atoms. The first-order valence-electron chi connectivity index (χ1n) is 7.36. The highest BCUT2D eigenvalue weighted by Crippen LogP contribution is 2.26. The van der Waals surface area contributed by atoms with Crippen LogP contribution in [0.15, 0.2) is 24.3 Å². The molecule has 3 nitrogen and oxygen atoms in total. The van der Waals surface area contributed by atoms with Crippen molar-refractivity contribution < 1.29 is 9.47 Å². The molecule has 0 aliphatic heterocycles. The molecule has 2 rings (SSSR count). The number of nitrogens with two attached hydrogens (primary N) is 1. The maximum atomic E-state index is 6.21. The van der Waals surface area contributed by atoms with Crippen LogP contribution < -0.4 is 10.5 Å². The molecule has 0 spiro atoms. The summed E-state index contributed by atoms with van der Waals surface area (Å²) in [6, 6.07) is 7.85. The summed E-state index contributed by atoms with van der Waals surface area (Å²) in [5.74, 6) is 1.62. The van der Waals surface area contributed by atoms with Crippen molar-refractivity contribution in [3.8, 4) is 5.75 Å². The Morgan fingerprint density at radius 2 is 2.00 bits per heavy atom. The fourth-order valence-corrected chi connectivity index (χ4v) is 2.70. The van der Waals surface area contributed by atoms with Gasteiger partial charge in [-0.1, -0.05) is 31.0 Å². The minimum Gasteiger partial charge on any atom is -0.494 e. The van der Waals surface area contributed by atoms with E-state index in [1.807, 2.05) is 31.2 Å². The molecular weight excluding hydrogens is 238 g/mol. The summed E-state index contributed by atoms with van der Waals surface area (Å²) in [7, 11) is 0. The van der Waals surface area contributed by atoms with E-state index in [0.717, 1.165) is 23.8 Å². The lowest BCUT2D eigenvalue weighted by Gasteiger charge is -2.18. The van der Waals surface area contributed by atoms with Gasteiger partial charge in [0.1, 0.15) is 5.75 Å². The van der Waals surface area contributed by atoms with Crippen LogP contribution in [0.2, 0.25) is 0 Å². The van der Waals surface area contributed by atoms with Crippen molar-refractivity contribution >= 4 is 0 Å². The summed E-state index contributed by atoms with van der Waals surface area (Å²) >= 11 is 0. The lowest BCUT2D eigenvalue weighted by Crippen LogP contribution is -2.20. The van der Waals surface area contributed by atoms with Gasteiger partial charge in [0.05, 0.1) is 19.3 Å². The molecule has 1 atom stereocenters. The number of rotatable bonds is 7. The number of benzene rings is 1. The van der Waals surface area contributed by atoms with E-state index >= 15 is 0 Å². The second-order valence-corrected chi connectivity index (χ2v) is 5.27. The van der Waals surface area contributed by atoms with Gasteiger partial charge in [-0.05, 0) is 31.7 Å². The third kappa shape index (κ3) is 4.22. The fraction of sp³-hybridized carbons (Fsp3) is 0.625. The molecule has 1 aliphatic rings. The fourth-order valence-electron chi connectivity index (χ4n) is 2.70. The lowest BCUT2D eigenvalue weighted by atomic mass is 10.1. The van der Waals surface area contributed by atoms with E-state index in [0.29, 0.717) is 13.2 Å². The predicted molar refractivity (Wildman–Crippen MR) is 77.3 cm³/mol. The molecule has 0 bridgehead atoms. The molecule has 3 heteroatoms. The van der Waals surface area contributed by atoms with Gasteiger partial charge in [-0.2, -0.15) is 0 Å². The third-order valence-electron chi connectivity index (χ3n) is 3.74. The highest BCUT2D eigenvalue weighted by molar-refractivity contribution is 5.35. The normalized spacial score (nSPS) is 17.6. The van der Waals surface area contributed by atoms with Crippen LogP contribution >= 0.6 is 0 Å². The molecular formula is C16H25NO2. The number of hydrogen-bond donors (Lipinski definition) is 1. The van der Waals surface area contributed by atoms with E-state index in [4.69, 9.17) is 15.2 Å². The minimum atomic E-state index is -0.107. The molecule has 2 N–H and O–H groups in total. The van der Waals surface area contributed by atoms with E-state index in [2.05, 4.69) is 0 Å². The summed E-state index contributed by atoms with van der Waals surface area (Å²) in [5.41, 5.74) is 7.24. The molecule has 0 heterocycles. The van der Waals surface area contributed by atoms with Gasteiger partial charge >= 0.3 is 0 Å². The number of ether oxygens (including phenoxy) is 2. The average Bonchev–Trinajstić information content (AvgIpc) is 2.93. The molecule has 1 aliphatic carbocycles. The van der Waals surface area contributed by atoms with Crippen molar-refractivity contribution in [1.82, 2.24) is 0 Å². The highest BCUT2D eigenvalue weighted by atomic mass is 16.5. The first kappa shape index (κ1) is 14.4. The van der Waals surface area contributed by atoms with Crippen LogP contribution in [0.5, 0.6) is 5.75 Å². The van der Waals surface area contributed by atoms with Crippen molar-refractivity contribution in [2.75, 3.05) is 19.8 Å². The maximum Gasteiger partial charge on any atom is 0.124 e. The number of hydrogen-bond acceptors (Lipinski definition) is 3. The molecule has 1 fully saturated rings. The van der Waals surface area contributed by atoms with Crippen LogP contribution in [-0.2, 0) is 4.74 Å². The quantitative estimate of drug-likeness (QED) is 0.821. The van der Waals surface area contributed by atoms with Gasteiger partial charge in [-0.15, -0.1) is 0 Å².